The van der Waals surface area contributed by atoms with Crippen molar-refractivity contribution in [2.45, 2.75) is 71.3 Å². The third kappa shape index (κ3) is 6.35. The second-order valence-electron chi connectivity index (χ2n) is 9.39. The number of benzene rings is 1. The Labute approximate surface area is 193 Å². The number of nitrogens with zero attached hydrogens (tertiary/aromatic N) is 1. The summed E-state index contributed by atoms with van der Waals surface area (Å²) < 4.78 is 26.6. The smallest absolute Gasteiger partial charge is 0.234 e. The minimum atomic E-state index is -3.34. The first kappa shape index (κ1) is 24.3. The molecule has 0 bridgehead atoms. The van der Waals surface area contributed by atoms with Gasteiger partial charge in [-0.05, 0) is 38.3 Å². The van der Waals surface area contributed by atoms with E-state index in [4.69, 9.17) is 0 Å². The highest BCUT2D eigenvalue weighted by molar-refractivity contribution is 7.89. The van der Waals surface area contributed by atoms with E-state index >= 15 is 0 Å². The lowest BCUT2D eigenvalue weighted by Crippen LogP contribution is -2.43. The molecule has 1 aromatic rings. The van der Waals surface area contributed by atoms with Crippen molar-refractivity contribution >= 4 is 21.5 Å². The van der Waals surface area contributed by atoms with Crippen LogP contribution >= 0.6 is 0 Å². The van der Waals surface area contributed by atoms with Crippen molar-refractivity contribution < 1.29 is 13.2 Å². The molecule has 0 saturated heterocycles. The van der Waals surface area contributed by atoms with Gasteiger partial charge in [0.1, 0.15) is 0 Å². The van der Waals surface area contributed by atoms with Crippen molar-refractivity contribution in [2.24, 2.45) is 0 Å². The quantitative estimate of drug-likeness (QED) is 0.399. The first-order valence-corrected chi connectivity index (χ1v) is 13.3. The molecule has 5 nitrogen and oxygen atoms in total. The summed E-state index contributed by atoms with van der Waals surface area (Å²) in [5.74, 6) is 0.0321. The molecule has 2 aliphatic heterocycles. The Morgan fingerprint density at radius 1 is 1.12 bits per heavy atom. The minimum Gasteiger partial charge on any atom is -0.379 e. The lowest BCUT2D eigenvalue weighted by atomic mass is 9.85. The molecule has 32 heavy (non-hydrogen) atoms. The van der Waals surface area contributed by atoms with E-state index in [1.165, 1.54) is 35.3 Å². The summed E-state index contributed by atoms with van der Waals surface area (Å²) in [7, 11) is -3.34. The number of carbonyl (C=O) groups excluding carboxylic acids is 1. The van der Waals surface area contributed by atoms with Gasteiger partial charge in [-0.2, -0.15) is 0 Å². The first-order chi connectivity index (χ1) is 15.2. The minimum absolute atomic E-state index is 0.121. The number of fused-ring (bicyclic) bond motifs is 1. The molecule has 1 aromatic carbocycles. The third-order valence-electron chi connectivity index (χ3n) is 6.00. The Bertz CT molecular complexity index is 1020. The molecule has 1 N–H and O–H groups in total. The summed E-state index contributed by atoms with van der Waals surface area (Å²) in [6.07, 6.45) is 13.6. The maximum Gasteiger partial charge on any atom is 0.234 e. The van der Waals surface area contributed by atoms with Gasteiger partial charge in [0.05, 0.1) is 12.3 Å². The van der Waals surface area contributed by atoms with Gasteiger partial charge >= 0.3 is 0 Å². The van der Waals surface area contributed by atoms with Crippen LogP contribution in [0, 0.1) is 0 Å². The highest BCUT2D eigenvalue weighted by Crippen LogP contribution is 2.29. The average molecular weight is 457 g/mol. The number of sulfonamides is 1. The zero-order chi connectivity index (χ0) is 23.2. The number of hydrogen-bond acceptors (Lipinski definition) is 4. The normalized spacial score (nSPS) is 18.8. The van der Waals surface area contributed by atoms with E-state index in [0.717, 1.165) is 30.5 Å². The number of hydrogen-bond donors (Lipinski definition) is 1. The Morgan fingerprint density at radius 2 is 1.84 bits per heavy atom. The van der Waals surface area contributed by atoms with Crippen molar-refractivity contribution in [2.75, 3.05) is 12.3 Å². The van der Waals surface area contributed by atoms with Gasteiger partial charge in [0.2, 0.25) is 10.0 Å². The maximum atomic E-state index is 12.9. The molecule has 0 saturated carbocycles. The molecule has 0 aliphatic carbocycles. The van der Waals surface area contributed by atoms with Crippen LogP contribution in [0.5, 0.6) is 0 Å². The molecule has 0 unspecified atom stereocenters. The van der Waals surface area contributed by atoms with Gasteiger partial charge in [0, 0.05) is 34.6 Å². The number of nitrogens with one attached hydrogen (secondary N) is 1. The van der Waals surface area contributed by atoms with E-state index in [9.17, 15) is 13.2 Å². The second-order valence-corrected chi connectivity index (χ2v) is 11.4. The molecule has 2 heterocycles. The zero-order valence-corrected chi connectivity index (χ0v) is 20.4. The van der Waals surface area contributed by atoms with Crippen LogP contribution in [0.3, 0.4) is 0 Å². The first-order valence-electron chi connectivity index (χ1n) is 11.7. The Kier molecular flexibility index (Phi) is 7.99. The van der Waals surface area contributed by atoms with E-state index in [1.54, 1.807) is 18.2 Å². The lowest BCUT2D eigenvalue weighted by Gasteiger charge is -2.35. The summed E-state index contributed by atoms with van der Waals surface area (Å²) >= 11 is 0. The van der Waals surface area contributed by atoms with Crippen molar-refractivity contribution in [1.82, 2.24) is 9.62 Å². The average Bonchev–Trinajstić information content (AvgIpc) is 2.75. The van der Waals surface area contributed by atoms with Crippen LogP contribution < -0.4 is 5.32 Å². The fourth-order valence-corrected chi connectivity index (χ4v) is 5.62. The number of carbonyl (C=O) groups is 1. The van der Waals surface area contributed by atoms with Gasteiger partial charge in [-0.15, -0.1) is 0 Å². The van der Waals surface area contributed by atoms with Gasteiger partial charge in [-0.25, -0.2) is 8.42 Å². The van der Waals surface area contributed by atoms with Crippen LogP contribution in [-0.2, 0) is 21.2 Å². The Morgan fingerprint density at radius 3 is 2.56 bits per heavy atom. The van der Waals surface area contributed by atoms with Crippen LogP contribution in [0.2, 0.25) is 0 Å². The molecule has 0 aromatic heterocycles. The molecular formula is C26H36N2O3S. The van der Waals surface area contributed by atoms with E-state index in [-0.39, 0.29) is 23.6 Å². The number of unbranched alkanes of at least 4 members (excludes halogenated alkanes) is 5. The van der Waals surface area contributed by atoms with Crippen LogP contribution in [-0.4, -0.2) is 36.3 Å². The van der Waals surface area contributed by atoms with Crippen LogP contribution in [0.25, 0.3) is 5.70 Å². The molecule has 2 aliphatic rings. The maximum absolute atomic E-state index is 12.9. The van der Waals surface area contributed by atoms with Gasteiger partial charge in [0.15, 0.2) is 5.78 Å². The van der Waals surface area contributed by atoms with E-state index in [0.29, 0.717) is 12.0 Å². The molecule has 3 rings (SSSR count). The molecular weight excluding hydrogens is 420 g/mol. The monoisotopic (exact) mass is 456 g/mol. The highest BCUT2D eigenvalue weighted by atomic mass is 32.2. The van der Waals surface area contributed by atoms with Crippen LogP contribution in [0.15, 0.2) is 54.3 Å². The predicted molar refractivity (Wildman–Crippen MR) is 131 cm³/mol. The number of ketones is 1. The molecule has 174 valence electrons. The van der Waals surface area contributed by atoms with Crippen molar-refractivity contribution in [3.05, 3.63) is 65.4 Å². The number of rotatable bonds is 10. The summed E-state index contributed by atoms with van der Waals surface area (Å²) in [4.78, 5) is 12.9. The zero-order valence-electron chi connectivity index (χ0n) is 19.6. The van der Waals surface area contributed by atoms with E-state index in [1.807, 2.05) is 18.2 Å². The van der Waals surface area contributed by atoms with Crippen molar-refractivity contribution in [3.63, 3.8) is 0 Å². The Hall–Kier alpha value is -2.34. The molecule has 0 fully saturated rings. The Balaban J connectivity index is 1.62. The van der Waals surface area contributed by atoms with Gasteiger partial charge in [-0.3, -0.25) is 9.10 Å². The largest absolute Gasteiger partial charge is 0.379 e. The van der Waals surface area contributed by atoms with E-state index < -0.39 is 10.0 Å². The summed E-state index contributed by atoms with van der Waals surface area (Å²) in [5.41, 5.74) is 3.46. The van der Waals surface area contributed by atoms with Gasteiger partial charge in [-0.1, -0.05) is 69.4 Å². The SMILES string of the molecule is CCCCCCCCS(=O)(=O)N1C=CC(C(=O)/C=C2\NC(C)(C)Cc3ccccc32)=CC1. The van der Waals surface area contributed by atoms with Crippen molar-refractivity contribution in [1.29, 1.82) is 0 Å². The molecule has 6 heteroatoms. The molecule has 0 radical (unpaired) electrons. The summed E-state index contributed by atoms with van der Waals surface area (Å²) in [5, 5.41) is 3.48. The fraction of sp³-hybridized carbons (Fsp3) is 0.500. The standard InChI is InChI=1S/C26H36N2O3S/c1-4-5-6-7-8-11-18-32(30,31)28-16-14-21(15-17-28)25(29)19-24-23-13-10-9-12-22(23)20-26(2,3)27-24/h9-10,12-16,19,27H,4-8,11,17-18,20H2,1-3H3/b24-19-. The lowest BCUT2D eigenvalue weighted by molar-refractivity contribution is -0.111. The van der Waals surface area contributed by atoms with E-state index in [2.05, 4.69) is 32.2 Å². The third-order valence-corrected chi connectivity index (χ3v) is 7.79. The number of allylic oxidation sites excluding steroid dienone is 3. The summed E-state index contributed by atoms with van der Waals surface area (Å²) in [6.45, 7) is 6.61. The predicted octanol–water partition coefficient (Wildman–Crippen LogP) is 4.97. The van der Waals surface area contributed by atoms with Crippen LogP contribution in [0.1, 0.15) is 70.4 Å². The van der Waals surface area contributed by atoms with Crippen molar-refractivity contribution in [3.8, 4) is 0 Å². The van der Waals surface area contributed by atoms with Crippen LogP contribution in [0.4, 0.5) is 0 Å². The molecule has 0 atom stereocenters. The van der Waals surface area contributed by atoms with Gasteiger partial charge < -0.3 is 5.32 Å². The molecule has 0 amide bonds. The fourth-order valence-electron chi connectivity index (χ4n) is 4.27. The second kappa shape index (κ2) is 10.5. The topological polar surface area (TPSA) is 66.5 Å². The highest BCUT2D eigenvalue weighted by Gasteiger charge is 2.28. The summed E-state index contributed by atoms with van der Waals surface area (Å²) in [6, 6.07) is 8.12. The molecule has 0 spiro atoms. The van der Waals surface area contributed by atoms with Gasteiger partial charge in [0.25, 0.3) is 0 Å².